The number of ether oxygens (including phenoxy) is 1. The SMILES string of the molecule is O=C(NOC1CCCCO1)c1cc(-c2ccc(-c3ccc(NCCCCO)cc3)cc2)nc2c[n+]([O-])ccc12. The van der Waals surface area contributed by atoms with Crippen molar-refractivity contribution in [3.8, 4) is 22.4 Å². The summed E-state index contributed by atoms with van der Waals surface area (Å²) in [6.45, 7) is 1.64. The third kappa shape index (κ3) is 6.69. The van der Waals surface area contributed by atoms with E-state index in [2.05, 4.69) is 27.9 Å². The topological polar surface area (TPSA) is 120 Å². The molecule has 0 bridgehead atoms. The van der Waals surface area contributed by atoms with Gasteiger partial charge >= 0.3 is 0 Å². The Bertz CT molecular complexity index is 1400. The van der Waals surface area contributed by atoms with Gasteiger partial charge in [0.15, 0.2) is 12.5 Å². The average Bonchev–Trinajstić information content (AvgIpc) is 2.98. The fourth-order valence-corrected chi connectivity index (χ4v) is 4.56. The maximum absolute atomic E-state index is 13.1. The van der Waals surface area contributed by atoms with Gasteiger partial charge in [-0.15, -0.1) is 0 Å². The molecule has 1 amide bonds. The second kappa shape index (κ2) is 12.7. The lowest BCUT2D eigenvalue weighted by molar-refractivity contribution is -0.604. The largest absolute Gasteiger partial charge is 0.619 e. The second-order valence-electron chi connectivity index (χ2n) is 9.52. The van der Waals surface area contributed by atoms with Crippen LogP contribution >= 0.6 is 0 Å². The van der Waals surface area contributed by atoms with Gasteiger partial charge in [0, 0.05) is 48.9 Å². The lowest BCUT2D eigenvalue weighted by atomic mass is 10.0. The van der Waals surface area contributed by atoms with Crippen LogP contribution in [0.2, 0.25) is 0 Å². The van der Waals surface area contributed by atoms with Gasteiger partial charge in [0.2, 0.25) is 6.20 Å². The number of pyridine rings is 2. The first-order valence-corrected chi connectivity index (χ1v) is 13.3. The molecule has 1 aliphatic rings. The van der Waals surface area contributed by atoms with Gasteiger partial charge < -0.3 is 20.4 Å². The third-order valence-corrected chi connectivity index (χ3v) is 6.70. The van der Waals surface area contributed by atoms with Crippen molar-refractivity contribution in [1.29, 1.82) is 0 Å². The van der Waals surface area contributed by atoms with Gasteiger partial charge in [-0.3, -0.25) is 4.79 Å². The van der Waals surface area contributed by atoms with Crippen LogP contribution in [0.3, 0.4) is 0 Å². The molecule has 3 N–H and O–H groups in total. The van der Waals surface area contributed by atoms with Crippen LogP contribution in [0.1, 0.15) is 42.5 Å². The molecule has 9 heteroatoms. The van der Waals surface area contributed by atoms with Gasteiger partial charge in [-0.05, 0) is 55.0 Å². The molecule has 4 aromatic rings. The summed E-state index contributed by atoms with van der Waals surface area (Å²) in [5, 5.41) is 24.8. The normalized spacial score (nSPS) is 15.3. The van der Waals surface area contributed by atoms with Crippen molar-refractivity contribution in [3.63, 3.8) is 0 Å². The quantitative estimate of drug-likeness (QED) is 0.119. The smallest absolute Gasteiger partial charge is 0.275 e. The number of benzene rings is 2. The van der Waals surface area contributed by atoms with Crippen LogP contribution < -0.4 is 15.5 Å². The highest BCUT2D eigenvalue weighted by Crippen LogP contribution is 2.28. The molecule has 39 heavy (non-hydrogen) atoms. The first kappa shape index (κ1) is 26.6. The van der Waals surface area contributed by atoms with Crippen molar-refractivity contribution in [3.05, 3.63) is 83.8 Å². The highest BCUT2D eigenvalue weighted by molar-refractivity contribution is 6.06. The molecule has 9 nitrogen and oxygen atoms in total. The van der Waals surface area contributed by atoms with Crippen LogP contribution in [-0.4, -0.2) is 42.0 Å². The summed E-state index contributed by atoms with van der Waals surface area (Å²) in [5.41, 5.74) is 7.82. The van der Waals surface area contributed by atoms with Crippen LogP contribution in [0.4, 0.5) is 5.69 Å². The summed E-state index contributed by atoms with van der Waals surface area (Å²) < 4.78 is 6.20. The number of hydrogen-bond donors (Lipinski definition) is 3. The minimum absolute atomic E-state index is 0.211. The van der Waals surface area contributed by atoms with Crippen LogP contribution in [0, 0.1) is 5.21 Å². The number of rotatable bonds is 10. The average molecular weight is 529 g/mol. The summed E-state index contributed by atoms with van der Waals surface area (Å²) in [7, 11) is 0. The fourth-order valence-electron chi connectivity index (χ4n) is 4.56. The number of carbonyl (C=O) groups excluding carboxylic acids is 1. The number of unbranched alkanes of at least 4 members (excludes halogenated alkanes) is 1. The standard InChI is InChI=1S/C30H32N4O5/c35-17-3-2-15-31-24-12-10-22(11-13-24)21-6-8-23(9-7-21)27-19-26(25-14-16-34(37)20-28(25)32-27)30(36)33-39-29-5-1-4-18-38-29/h6-14,16,19-20,29,31,35H,1-5,15,17-18H2,(H,33,36). The van der Waals surface area contributed by atoms with E-state index in [4.69, 9.17) is 14.7 Å². The number of aromatic nitrogens is 2. The van der Waals surface area contributed by atoms with Gasteiger partial charge in [-0.2, -0.15) is 4.73 Å². The predicted octanol–water partition coefficient (Wildman–Crippen LogP) is 4.57. The van der Waals surface area contributed by atoms with Crippen LogP contribution in [0.15, 0.2) is 73.1 Å². The van der Waals surface area contributed by atoms with Gasteiger partial charge in [-0.1, -0.05) is 36.4 Å². The number of anilines is 1. The van der Waals surface area contributed by atoms with Crippen molar-refractivity contribution < 1.29 is 24.2 Å². The van der Waals surface area contributed by atoms with E-state index in [1.54, 1.807) is 12.1 Å². The van der Waals surface area contributed by atoms with Crippen molar-refractivity contribution in [2.45, 2.75) is 38.4 Å². The number of aliphatic hydroxyl groups excluding tert-OH is 1. The van der Waals surface area contributed by atoms with E-state index in [9.17, 15) is 10.0 Å². The van der Waals surface area contributed by atoms with E-state index in [-0.39, 0.29) is 6.61 Å². The Hall–Kier alpha value is -4.05. The number of nitrogens with one attached hydrogen (secondary N) is 2. The lowest BCUT2D eigenvalue weighted by Gasteiger charge is -2.22. The van der Waals surface area contributed by atoms with Gasteiger partial charge in [-0.25, -0.2) is 15.3 Å². The van der Waals surface area contributed by atoms with E-state index in [0.717, 1.165) is 61.0 Å². The lowest BCUT2D eigenvalue weighted by Crippen LogP contribution is -2.33. The summed E-state index contributed by atoms with van der Waals surface area (Å²) >= 11 is 0. The van der Waals surface area contributed by atoms with Gasteiger partial charge in [0.1, 0.15) is 5.52 Å². The molecule has 2 aromatic heterocycles. The second-order valence-corrected chi connectivity index (χ2v) is 9.52. The number of nitrogens with zero attached hydrogens (tertiary/aromatic N) is 2. The van der Waals surface area contributed by atoms with E-state index < -0.39 is 12.2 Å². The van der Waals surface area contributed by atoms with Crippen LogP contribution in [-0.2, 0) is 9.57 Å². The highest BCUT2D eigenvalue weighted by Gasteiger charge is 2.19. The number of carbonyl (C=O) groups is 1. The Kier molecular flexibility index (Phi) is 8.62. The fraction of sp³-hybridized carbons (Fsp3) is 0.300. The maximum atomic E-state index is 13.1. The number of amides is 1. The molecule has 0 aliphatic carbocycles. The predicted molar refractivity (Wildman–Crippen MR) is 149 cm³/mol. The molecule has 1 fully saturated rings. The molecular formula is C30H32N4O5. The Morgan fingerprint density at radius 1 is 1.05 bits per heavy atom. The van der Waals surface area contributed by atoms with Crippen molar-refractivity contribution in [2.24, 2.45) is 0 Å². The van der Waals surface area contributed by atoms with Crippen molar-refractivity contribution >= 4 is 22.5 Å². The molecule has 202 valence electrons. The Morgan fingerprint density at radius 3 is 2.51 bits per heavy atom. The molecule has 0 saturated carbocycles. The van der Waals surface area contributed by atoms with Crippen molar-refractivity contribution in [1.82, 2.24) is 10.5 Å². The monoisotopic (exact) mass is 528 g/mol. The summed E-state index contributed by atoms with van der Waals surface area (Å²) in [4.78, 5) is 23.3. The Morgan fingerprint density at radius 2 is 1.79 bits per heavy atom. The molecule has 2 aromatic carbocycles. The first-order chi connectivity index (χ1) is 19.1. The highest BCUT2D eigenvalue weighted by atomic mass is 16.8. The number of hydrogen-bond acceptors (Lipinski definition) is 7. The van der Waals surface area contributed by atoms with E-state index >= 15 is 0 Å². The molecule has 0 spiro atoms. The zero-order chi connectivity index (χ0) is 27.0. The molecule has 5 rings (SSSR count). The molecule has 1 atom stereocenters. The third-order valence-electron chi connectivity index (χ3n) is 6.70. The summed E-state index contributed by atoms with van der Waals surface area (Å²) in [5.74, 6) is -0.428. The van der Waals surface area contributed by atoms with Crippen LogP contribution in [0.25, 0.3) is 33.3 Å². The Balaban J connectivity index is 1.35. The number of aliphatic hydroxyl groups is 1. The van der Waals surface area contributed by atoms with E-state index in [1.807, 2.05) is 36.4 Å². The first-order valence-electron chi connectivity index (χ1n) is 13.3. The molecule has 1 aliphatic heterocycles. The molecule has 1 saturated heterocycles. The number of hydroxylamine groups is 1. The van der Waals surface area contributed by atoms with Crippen molar-refractivity contribution in [2.75, 3.05) is 25.1 Å². The zero-order valence-corrected chi connectivity index (χ0v) is 21.6. The van der Waals surface area contributed by atoms with E-state index in [0.29, 0.717) is 33.5 Å². The summed E-state index contributed by atoms with van der Waals surface area (Å²) in [6.07, 6.45) is 6.62. The minimum Gasteiger partial charge on any atom is -0.619 e. The summed E-state index contributed by atoms with van der Waals surface area (Å²) in [6, 6.07) is 19.4. The molecule has 3 heterocycles. The molecular weight excluding hydrogens is 496 g/mol. The zero-order valence-electron chi connectivity index (χ0n) is 21.6. The Labute approximate surface area is 227 Å². The van der Waals surface area contributed by atoms with Gasteiger partial charge in [0.25, 0.3) is 5.91 Å². The molecule has 0 radical (unpaired) electrons. The maximum Gasteiger partial charge on any atom is 0.275 e. The molecule has 1 unspecified atom stereocenters. The minimum atomic E-state index is -0.470. The van der Waals surface area contributed by atoms with Crippen LogP contribution in [0.5, 0.6) is 0 Å². The van der Waals surface area contributed by atoms with E-state index in [1.165, 1.54) is 12.4 Å². The van der Waals surface area contributed by atoms with Gasteiger partial charge in [0.05, 0.1) is 11.3 Å². The number of fused-ring (bicyclic) bond motifs is 1.